The Balaban J connectivity index is 1.78. The molecule has 2 amide bonds. The summed E-state index contributed by atoms with van der Waals surface area (Å²) in [6.45, 7) is 7.17. The molecule has 2 aromatic rings. The second-order valence-corrected chi connectivity index (χ2v) is 9.42. The zero-order valence-electron chi connectivity index (χ0n) is 20.5. The summed E-state index contributed by atoms with van der Waals surface area (Å²) in [6, 6.07) is 15.3. The molecule has 35 heavy (non-hydrogen) atoms. The lowest BCUT2D eigenvalue weighted by Gasteiger charge is -2.31. The molecule has 0 aliphatic carbocycles. The van der Waals surface area contributed by atoms with Crippen LogP contribution >= 0.6 is 0 Å². The van der Waals surface area contributed by atoms with E-state index in [9.17, 15) is 14.4 Å². The van der Waals surface area contributed by atoms with Gasteiger partial charge in [-0.3, -0.25) is 15.1 Å². The number of nitrogens with zero attached hydrogens (tertiary/aromatic N) is 2. The summed E-state index contributed by atoms with van der Waals surface area (Å²) in [5.41, 5.74) is 6.84. The van der Waals surface area contributed by atoms with Crippen LogP contribution in [0.25, 0.3) is 0 Å². The van der Waals surface area contributed by atoms with Gasteiger partial charge < -0.3 is 20.1 Å². The molecule has 1 heterocycles. The number of cyclic esters (lactones) is 1. The van der Waals surface area contributed by atoms with E-state index in [2.05, 4.69) is 0 Å². The molecule has 0 aromatic heterocycles. The number of amides is 2. The van der Waals surface area contributed by atoms with Gasteiger partial charge in [-0.25, -0.2) is 9.59 Å². The lowest BCUT2D eigenvalue weighted by Crippen LogP contribution is -2.51. The van der Waals surface area contributed by atoms with Gasteiger partial charge in [-0.15, -0.1) is 0 Å². The van der Waals surface area contributed by atoms with Gasteiger partial charge in [0, 0.05) is 17.8 Å². The molecule has 186 valence electrons. The Kier molecular flexibility index (Phi) is 7.78. The summed E-state index contributed by atoms with van der Waals surface area (Å²) >= 11 is 0. The van der Waals surface area contributed by atoms with Crippen LogP contribution in [-0.2, 0) is 25.5 Å². The molecule has 2 aromatic carbocycles. The number of carbonyl (C=O) groups excluding carboxylic acids is 3. The van der Waals surface area contributed by atoms with Gasteiger partial charge >= 0.3 is 12.1 Å². The number of anilines is 1. The Labute approximate surface area is 205 Å². The molecule has 1 saturated heterocycles. The van der Waals surface area contributed by atoms with Crippen LogP contribution in [0.5, 0.6) is 0 Å². The van der Waals surface area contributed by atoms with Crippen LogP contribution in [0.3, 0.4) is 0 Å². The summed E-state index contributed by atoms with van der Waals surface area (Å²) in [5, 5.41) is 7.51. The molecule has 9 nitrogen and oxygen atoms in total. The molecule has 3 rings (SSSR count). The number of ether oxygens (including phenoxy) is 2. The number of nitrogen functional groups attached to an aromatic ring is 1. The van der Waals surface area contributed by atoms with E-state index in [4.69, 9.17) is 20.6 Å². The largest absolute Gasteiger partial charge is 0.458 e. The van der Waals surface area contributed by atoms with E-state index in [1.165, 1.54) is 9.80 Å². The van der Waals surface area contributed by atoms with E-state index in [1.54, 1.807) is 52.0 Å². The Morgan fingerprint density at radius 2 is 1.80 bits per heavy atom. The van der Waals surface area contributed by atoms with E-state index in [0.29, 0.717) is 17.7 Å². The molecule has 3 N–H and O–H groups in total. The summed E-state index contributed by atoms with van der Waals surface area (Å²) in [4.78, 5) is 41.7. The maximum Gasteiger partial charge on any atom is 0.415 e. The van der Waals surface area contributed by atoms with E-state index < -0.39 is 35.7 Å². The van der Waals surface area contributed by atoms with Crippen LogP contribution in [0.15, 0.2) is 54.6 Å². The van der Waals surface area contributed by atoms with Crippen molar-refractivity contribution in [2.75, 3.05) is 18.0 Å². The minimum Gasteiger partial charge on any atom is -0.458 e. The molecule has 9 heteroatoms. The first kappa shape index (κ1) is 25.7. The number of hydrogen-bond donors (Lipinski definition) is 2. The molecule has 2 atom stereocenters. The van der Waals surface area contributed by atoms with Crippen molar-refractivity contribution in [2.45, 2.75) is 51.9 Å². The minimum atomic E-state index is -1.07. The molecular weight excluding hydrogens is 448 g/mol. The second kappa shape index (κ2) is 10.6. The van der Waals surface area contributed by atoms with Crippen LogP contribution < -0.4 is 10.6 Å². The fraction of sp³-hybridized carbons (Fsp3) is 0.385. The highest BCUT2D eigenvalue weighted by Gasteiger charge is 2.41. The van der Waals surface area contributed by atoms with E-state index in [-0.39, 0.29) is 18.9 Å². The van der Waals surface area contributed by atoms with Crippen LogP contribution in [0.1, 0.15) is 38.8 Å². The van der Waals surface area contributed by atoms with Crippen LogP contribution in [0.4, 0.5) is 10.5 Å². The van der Waals surface area contributed by atoms with Crippen molar-refractivity contribution < 1.29 is 23.9 Å². The zero-order valence-corrected chi connectivity index (χ0v) is 20.5. The molecule has 1 aliphatic heterocycles. The highest BCUT2D eigenvalue weighted by atomic mass is 16.6. The zero-order chi connectivity index (χ0) is 25.8. The summed E-state index contributed by atoms with van der Waals surface area (Å²) in [6.07, 6.45) is -1.21. The van der Waals surface area contributed by atoms with Gasteiger partial charge in [0.05, 0.1) is 6.54 Å². The molecule has 0 spiro atoms. The molecular formula is C26H32N4O5. The number of nitrogens with one attached hydrogen (secondary N) is 1. The maximum atomic E-state index is 13.5. The Bertz CT molecular complexity index is 1080. The summed E-state index contributed by atoms with van der Waals surface area (Å²) < 4.78 is 10.9. The van der Waals surface area contributed by atoms with Crippen LogP contribution in [0.2, 0.25) is 0 Å². The average molecular weight is 481 g/mol. The summed E-state index contributed by atoms with van der Waals surface area (Å²) in [7, 11) is 0. The smallest absolute Gasteiger partial charge is 0.415 e. The average Bonchev–Trinajstić information content (AvgIpc) is 3.20. The standard InChI is InChI=1S/C26H32N4O5/c1-17(24(32)35-26(2,3)4)29(15-14-18-8-6-5-7-9-18)23(31)21-16-30(25(33)34-21)20-12-10-19(11-13-20)22(27)28/h5-13,17,21H,14-16H2,1-4H3,(H3,27,28)/t17-,21?/m1/s1. The van der Waals surface area contributed by atoms with Crippen LogP contribution in [-0.4, -0.2) is 59.5 Å². The van der Waals surface area contributed by atoms with Crippen molar-refractivity contribution in [1.82, 2.24) is 4.90 Å². The fourth-order valence-corrected chi connectivity index (χ4v) is 3.71. The topological polar surface area (TPSA) is 126 Å². The number of rotatable bonds is 8. The highest BCUT2D eigenvalue weighted by Crippen LogP contribution is 2.24. The van der Waals surface area contributed by atoms with Crippen molar-refractivity contribution in [3.8, 4) is 0 Å². The van der Waals surface area contributed by atoms with Gasteiger partial charge in [0.1, 0.15) is 17.5 Å². The first-order valence-corrected chi connectivity index (χ1v) is 11.5. The Hall–Kier alpha value is -3.88. The predicted molar refractivity (Wildman–Crippen MR) is 132 cm³/mol. The third kappa shape index (κ3) is 6.59. The minimum absolute atomic E-state index is 0.0000395. The van der Waals surface area contributed by atoms with Crippen LogP contribution in [0, 0.1) is 5.41 Å². The fourth-order valence-electron chi connectivity index (χ4n) is 3.71. The van der Waals surface area contributed by atoms with Gasteiger partial charge in [0.2, 0.25) is 0 Å². The highest BCUT2D eigenvalue weighted by molar-refractivity contribution is 5.98. The van der Waals surface area contributed by atoms with Crippen molar-refractivity contribution in [3.63, 3.8) is 0 Å². The molecule has 0 saturated carbocycles. The lowest BCUT2D eigenvalue weighted by molar-refractivity contribution is -0.165. The SMILES string of the molecule is C[C@H](C(=O)OC(C)(C)C)N(CCc1ccccc1)C(=O)C1CN(c2ccc(C(=N)N)cc2)C(=O)O1. The maximum absolute atomic E-state index is 13.5. The summed E-state index contributed by atoms with van der Waals surface area (Å²) in [5.74, 6) is -1.07. The van der Waals surface area contributed by atoms with Gasteiger partial charge in [-0.1, -0.05) is 30.3 Å². The van der Waals surface area contributed by atoms with E-state index in [1.807, 2.05) is 30.3 Å². The van der Waals surface area contributed by atoms with Gasteiger partial charge in [-0.05, 0) is 63.9 Å². The number of nitrogens with two attached hydrogens (primary N) is 1. The second-order valence-electron chi connectivity index (χ2n) is 9.42. The molecule has 0 radical (unpaired) electrons. The quantitative estimate of drug-likeness (QED) is 0.340. The molecule has 1 fully saturated rings. The number of carbonyl (C=O) groups is 3. The Morgan fingerprint density at radius 1 is 1.17 bits per heavy atom. The lowest BCUT2D eigenvalue weighted by atomic mass is 10.1. The number of esters is 1. The third-order valence-corrected chi connectivity index (χ3v) is 5.56. The first-order chi connectivity index (χ1) is 16.5. The third-order valence-electron chi connectivity index (χ3n) is 5.56. The Morgan fingerprint density at radius 3 is 2.37 bits per heavy atom. The normalized spacial score (nSPS) is 16.4. The van der Waals surface area contributed by atoms with E-state index >= 15 is 0 Å². The van der Waals surface area contributed by atoms with Gasteiger partial charge in [0.15, 0.2) is 6.10 Å². The molecule has 1 aliphatic rings. The van der Waals surface area contributed by atoms with Crippen molar-refractivity contribution >= 4 is 29.5 Å². The van der Waals surface area contributed by atoms with Gasteiger partial charge in [0.25, 0.3) is 5.91 Å². The van der Waals surface area contributed by atoms with Crippen molar-refractivity contribution in [3.05, 3.63) is 65.7 Å². The van der Waals surface area contributed by atoms with Gasteiger partial charge in [-0.2, -0.15) is 0 Å². The first-order valence-electron chi connectivity index (χ1n) is 11.5. The molecule has 1 unspecified atom stereocenters. The number of amidine groups is 1. The predicted octanol–water partition coefficient (Wildman–Crippen LogP) is 3.10. The number of benzene rings is 2. The van der Waals surface area contributed by atoms with Crippen molar-refractivity contribution in [1.29, 1.82) is 5.41 Å². The van der Waals surface area contributed by atoms with Crippen molar-refractivity contribution in [2.24, 2.45) is 5.73 Å². The number of hydrogen-bond acceptors (Lipinski definition) is 6. The van der Waals surface area contributed by atoms with E-state index in [0.717, 1.165) is 5.56 Å². The molecule has 0 bridgehead atoms. The monoisotopic (exact) mass is 480 g/mol.